The first-order valence-corrected chi connectivity index (χ1v) is 4.26. The van der Waals surface area contributed by atoms with Crippen LogP contribution in [0.3, 0.4) is 0 Å². The molecular weight excluding hydrogens is 172 g/mol. The van der Waals surface area contributed by atoms with Crippen molar-refractivity contribution < 1.29 is 9.59 Å². The maximum Gasteiger partial charge on any atom is 0.328 e. The Labute approximate surface area is 76.4 Å². The molecule has 0 saturated carbocycles. The summed E-state index contributed by atoms with van der Waals surface area (Å²) < 4.78 is 0. The van der Waals surface area contributed by atoms with Crippen LogP contribution in [0.5, 0.6) is 0 Å². The lowest BCUT2D eigenvalue weighted by Crippen LogP contribution is -2.43. The SMILES string of the molecule is NNC(=O)NCCN1CCCC1=O. The van der Waals surface area contributed by atoms with E-state index in [4.69, 9.17) is 5.84 Å². The van der Waals surface area contributed by atoms with Gasteiger partial charge >= 0.3 is 6.03 Å². The van der Waals surface area contributed by atoms with Gasteiger partial charge < -0.3 is 10.2 Å². The van der Waals surface area contributed by atoms with E-state index in [0.29, 0.717) is 19.5 Å². The van der Waals surface area contributed by atoms with Crippen LogP contribution in [0.4, 0.5) is 4.79 Å². The second-order valence-electron chi connectivity index (χ2n) is 2.88. The Balaban J connectivity index is 2.12. The van der Waals surface area contributed by atoms with E-state index in [1.54, 1.807) is 4.90 Å². The standard InChI is InChI=1S/C7H14N4O2/c8-10-7(13)9-3-5-11-4-1-2-6(11)12/h1-5,8H2,(H2,9,10,13). The maximum absolute atomic E-state index is 11.1. The van der Waals surface area contributed by atoms with Crippen LogP contribution < -0.4 is 16.6 Å². The molecule has 0 aliphatic carbocycles. The molecule has 13 heavy (non-hydrogen) atoms. The van der Waals surface area contributed by atoms with Crippen LogP contribution in [0, 0.1) is 0 Å². The van der Waals surface area contributed by atoms with E-state index < -0.39 is 6.03 Å². The number of nitrogens with one attached hydrogen (secondary N) is 2. The summed E-state index contributed by atoms with van der Waals surface area (Å²) in [7, 11) is 0. The van der Waals surface area contributed by atoms with Crippen LogP contribution >= 0.6 is 0 Å². The molecule has 1 heterocycles. The third-order valence-electron chi connectivity index (χ3n) is 1.97. The molecule has 1 rings (SSSR count). The van der Waals surface area contributed by atoms with Gasteiger partial charge in [-0.3, -0.25) is 10.2 Å². The van der Waals surface area contributed by atoms with Gasteiger partial charge in [-0.15, -0.1) is 0 Å². The molecule has 0 atom stereocenters. The molecule has 0 unspecified atom stereocenters. The number of hydrogen-bond donors (Lipinski definition) is 3. The van der Waals surface area contributed by atoms with Crippen LogP contribution in [0.1, 0.15) is 12.8 Å². The largest absolute Gasteiger partial charge is 0.341 e. The fourth-order valence-electron chi connectivity index (χ4n) is 1.30. The summed E-state index contributed by atoms with van der Waals surface area (Å²) in [5.41, 5.74) is 1.95. The van der Waals surface area contributed by atoms with Crippen LogP contribution in [0.25, 0.3) is 0 Å². The molecule has 0 bridgehead atoms. The Morgan fingerprint density at radius 3 is 2.92 bits per heavy atom. The molecule has 0 spiro atoms. The quantitative estimate of drug-likeness (QED) is 0.293. The van der Waals surface area contributed by atoms with E-state index in [9.17, 15) is 9.59 Å². The van der Waals surface area contributed by atoms with E-state index in [1.165, 1.54) is 0 Å². The molecule has 4 N–H and O–H groups in total. The van der Waals surface area contributed by atoms with E-state index in [1.807, 2.05) is 5.43 Å². The zero-order valence-corrected chi connectivity index (χ0v) is 7.38. The van der Waals surface area contributed by atoms with Gasteiger partial charge in [0.25, 0.3) is 0 Å². The van der Waals surface area contributed by atoms with Crippen molar-refractivity contribution in [3.8, 4) is 0 Å². The molecular formula is C7H14N4O2. The summed E-state index contributed by atoms with van der Waals surface area (Å²) in [5, 5.41) is 2.51. The second-order valence-corrected chi connectivity index (χ2v) is 2.88. The summed E-state index contributed by atoms with van der Waals surface area (Å²) in [6, 6.07) is -0.424. The van der Waals surface area contributed by atoms with E-state index in [2.05, 4.69) is 5.32 Å². The summed E-state index contributed by atoms with van der Waals surface area (Å²) in [6.07, 6.45) is 1.55. The molecule has 1 fully saturated rings. The topological polar surface area (TPSA) is 87.5 Å². The van der Waals surface area contributed by atoms with Crippen molar-refractivity contribution in [3.05, 3.63) is 0 Å². The number of amides is 3. The van der Waals surface area contributed by atoms with Gasteiger partial charge in [0.1, 0.15) is 0 Å². The number of hydrazine groups is 1. The van der Waals surface area contributed by atoms with Gasteiger partial charge in [0, 0.05) is 26.1 Å². The van der Waals surface area contributed by atoms with Gasteiger partial charge in [0.05, 0.1) is 0 Å². The number of urea groups is 1. The highest BCUT2D eigenvalue weighted by Gasteiger charge is 2.19. The van der Waals surface area contributed by atoms with Crippen molar-refractivity contribution >= 4 is 11.9 Å². The van der Waals surface area contributed by atoms with Gasteiger partial charge in [-0.25, -0.2) is 10.6 Å². The molecule has 1 aliphatic heterocycles. The highest BCUT2D eigenvalue weighted by Crippen LogP contribution is 2.07. The molecule has 1 aliphatic rings. The molecule has 3 amide bonds. The van der Waals surface area contributed by atoms with Crippen molar-refractivity contribution in [2.24, 2.45) is 5.84 Å². The zero-order chi connectivity index (χ0) is 9.68. The van der Waals surface area contributed by atoms with Crippen LogP contribution in [0.15, 0.2) is 0 Å². The smallest absolute Gasteiger partial charge is 0.328 e. The summed E-state index contributed by atoms with van der Waals surface area (Å²) in [5.74, 6) is 5.01. The predicted molar refractivity (Wildman–Crippen MR) is 46.5 cm³/mol. The number of carbonyl (C=O) groups is 2. The summed E-state index contributed by atoms with van der Waals surface area (Å²) in [4.78, 5) is 23.4. The lowest BCUT2D eigenvalue weighted by atomic mass is 10.4. The molecule has 0 aromatic heterocycles. The van der Waals surface area contributed by atoms with Gasteiger partial charge in [-0.2, -0.15) is 0 Å². The number of rotatable bonds is 3. The summed E-state index contributed by atoms with van der Waals surface area (Å²) >= 11 is 0. The third kappa shape index (κ3) is 2.90. The second kappa shape index (κ2) is 4.66. The molecule has 0 radical (unpaired) electrons. The third-order valence-corrected chi connectivity index (χ3v) is 1.97. The minimum atomic E-state index is -0.424. The fourth-order valence-corrected chi connectivity index (χ4v) is 1.30. The van der Waals surface area contributed by atoms with Crippen molar-refractivity contribution in [1.29, 1.82) is 0 Å². The van der Waals surface area contributed by atoms with E-state index in [-0.39, 0.29) is 5.91 Å². The maximum atomic E-state index is 11.1. The van der Waals surface area contributed by atoms with E-state index in [0.717, 1.165) is 13.0 Å². The summed E-state index contributed by atoms with van der Waals surface area (Å²) in [6.45, 7) is 1.80. The first kappa shape index (κ1) is 9.79. The first-order valence-electron chi connectivity index (χ1n) is 4.26. The van der Waals surface area contributed by atoms with Gasteiger partial charge in [-0.1, -0.05) is 0 Å². The van der Waals surface area contributed by atoms with E-state index >= 15 is 0 Å². The number of carbonyl (C=O) groups excluding carboxylic acids is 2. The minimum Gasteiger partial charge on any atom is -0.341 e. The van der Waals surface area contributed by atoms with Crippen LogP contribution in [-0.4, -0.2) is 36.5 Å². The zero-order valence-electron chi connectivity index (χ0n) is 7.38. The monoisotopic (exact) mass is 186 g/mol. The van der Waals surface area contributed by atoms with Crippen LogP contribution in [0.2, 0.25) is 0 Å². The Hall–Kier alpha value is -1.30. The molecule has 6 heteroatoms. The molecule has 74 valence electrons. The predicted octanol–water partition coefficient (Wildman–Crippen LogP) is -1.22. The molecule has 6 nitrogen and oxygen atoms in total. The van der Waals surface area contributed by atoms with Crippen molar-refractivity contribution in [1.82, 2.24) is 15.6 Å². The van der Waals surface area contributed by atoms with Crippen molar-refractivity contribution in [2.75, 3.05) is 19.6 Å². The minimum absolute atomic E-state index is 0.162. The number of nitrogens with zero attached hydrogens (tertiary/aromatic N) is 1. The highest BCUT2D eigenvalue weighted by atomic mass is 16.2. The number of likely N-dealkylation sites (tertiary alicyclic amines) is 1. The molecule has 1 saturated heterocycles. The Bertz CT molecular complexity index is 207. The lowest BCUT2D eigenvalue weighted by molar-refractivity contribution is -0.127. The van der Waals surface area contributed by atoms with Gasteiger partial charge in [0.2, 0.25) is 5.91 Å². The van der Waals surface area contributed by atoms with Crippen molar-refractivity contribution in [2.45, 2.75) is 12.8 Å². The highest BCUT2D eigenvalue weighted by molar-refractivity contribution is 5.78. The number of nitrogens with two attached hydrogens (primary N) is 1. The normalized spacial score (nSPS) is 16.1. The fraction of sp³-hybridized carbons (Fsp3) is 0.714. The molecule has 0 aromatic rings. The van der Waals surface area contributed by atoms with Gasteiger partial charge in [-0.05, 0) is 6.42 Å². The Morgan fingerprint density at radius 2 is 2.38 bits per heavy atom. The van der Waals surface area contributed by atoms with Crippen molar-refractivity contribution in [3.63, 3.8) is 0 Å². The average Bonchev–Trinajstić information content (AvgIpc) is 2.52. The average molecular weight is 186 g/mol. The molecule has 0 aromatic carbocycles. The number of hydrogen-bond acceptors (Lipinski definition) is 3. The Morgan fingerprint density at radius 1 is 1.62 bits per heavy atom. The first-order chi connectivity index (χ1) is 6.24. The van der Waals surface area contributed by atoms with Gasteiger partial charge in [0.15, 0.2) is 0 Å². The lowest BCUT2D eigenvalue weighted by Gasteiger charge is -2.15. The van der Waals surface area contributed by atoms with Crippen LogP contribution in [-0.2, 0) is 4.79 Å². The Kier molecular flexibility index (Phi) is 3.51.